The van der Waals surface area contributed by atoms with Gasteiger partial charge in [-0.25, -0.2) is 0 Å². The summed E-state index contributed by atoms with van der Waals surface area (Å²) in [7, 11) is 0. The maximum atomic E-state index is 9.76. The molecule has 0 radical (unpaired) electrons. The van der Waals surface area contributed by atoms with Crippen molar-refractivity contribution in [3.63, 3.8) is 0 Å². The lowest BCUT2D eigenvalue weighted by Crippen LogP contribution is -2.25. The van der Waals surface area contributed by atoms with Crippen LogP contribution in [-0.2, 0) is 4.74 Å². The fourth-order valence-corrected chi connectivity index (χ4v) is 1.69. The maximum Gasteiger partial charge on any atom is 0.124 e. The van der Waals surface area contributed by atoms with Gasteiger partial charge in [-0.3, -0.25) is 0 Å². The van der Waals surface area contributed by atoms with Crippen LogP contribution < -0.4 is 10.5 Å². The third-order valence-electron chi connectivity index (χ3n) is 2.71. The minimum Gasteiger partial charge on any atom is -0.490 e. The van der Waals surface area contributed by atoms with Crippen LogP contribution in [-0.4, -0.2) is 30.5 Å². The molecule has 1 rings (SSSR count). The van der Waals surface area contributed by atoms with E-state index in [9.17, 15) is 5.11 Å². The van der Waals surface area contributed by atoms with Gasteiger partial charge in [0, 0.05) is 11.6 Å². The molecule has 4 nitrogen and oxygen atoms in total. The molecule has 1 aromatic rings. The van der Waals surface area contributed by atoms with E-state index < -0.39 is 6.10 Å². The van der Waals surface area contributed by atoms with Crippen LogP contribution in [0.4, 0.5) is 0 Å². The number of aliphatic hydroxyl groups is 1. The highest BCUT2D eigenvalue weighted by Crippen LogP contribution is 2.25. The van der Waals surface area contributed by atoms with Crippen LogP contribution in [0.3, 0.4) is 0 Å². The summed E-state index contributed by atoms with van der Waals surface area (Å²) >= 11 is 0. The highest BCUT2D eigenvalue weighted by atomic mass is 16.5. The second-order valence-electron chi connectivity index (χ2n) is 5.18. The largest absolute Gasteiger partial charge is 0.490 e. The average Bonchev–Trinajstić information content (AvgIpc) is 2.34. The van der Waals surface area contributed by atoms with Crippen LogP contribution in [0.2, 0.25) is 0 Å². The first kappa shape index (κ1) is 16.0. The zero-order chi connectivity index (χ0) is 14.4. The zero-order valence-corrected chi connectivity index (χ0v) is 12.2. The number of hydrogen-bond acceptors (Lipinski definition) is 4. The van der Waals surface area contributed by atoms with Crippen LogP contribution >= 0.6 is 0 Å². The van der Waals surface area contributed by atoms with Crippen LogP contribution in [0.5, 0.6) is 5.75 Å². The topological polar surface area (TPSA) is 64.7 Å². The highest BCUT2D eigenvalue weighted by molar-refractivity contribution is 5.38. The lowest BCUT2D eigenvalue weighted by atomic mass is 10.1. The van der Waals surface area contributed by atoms with Gasteiger partial charge in [-0.05, 0) is 33.8 Å². The number of benzene rings is 1. The number of ether oxygens (including phenoxy) is 2. The summed E-state index contributed by atoms with van der Waals surface area (Å²) in [5, 5.41) is 9.76. The van der Waals surface area contributed by atoms with E-state index in [1.54, 1.807) is 0 Å². The summed E-state index contributed by atoms with van der Waals surface area (Å²) in [6.45, 7) is 8.27. The molecule has 0 aliphatic heterocycles. The van der Waals surface area contributed by atoms with Crippen LogP contribution in [0.1, 0.15) is 37.9 Å². The molecule has 4 heteroatoms. The third-order valence-corrected chi connectivity index (χ3v) is 2.71. The summed E-state index contributed by atoms with van der Waals surface area (Å²) in [6.07, 6.45) is -0.529. The summed E-state index contributed by atoms with van der Waals surface area (Å²) in [5.41, 5.74) is 8.02. The molecule has 0 spiro atoms. The lowest BCUT2D eigenvalue weighted by molar-refractivity contribution is -0.0124. The van der Waals surface area contributed by atoms with E-state index in [4.69, 9.17) is 15.2 Å². The van der Waals surface area contributed by atoms with Gasteiger partial charge in [0.15, 0.2) is 0 Å². The van der Waals surface area contributed by atoms with Gasteiger partial charge in [0.2, 0.25) is 0 Å². The Morgan fingerprint density at radius 3 is 2.47 bits per heavy atom. The Balaban J connectivity index is 2.57. The number of aliphatic hydroxyl groups excluding tert-OH is 1. The predicted octanol–water partition coefficient (Wildman–Crippen LogP) is 2.18. The van der Waals surface area contributed by atoms with Crippen molar-refractivity contribution in [2.24, 2.45) is 5.73 Å². The molecule has 0 aliphatic carbocycles. The van der Waals surface area contributed by atoms with Gasteiger partial charge in [0.1, 0.15) is 18.5 Å². The lowest BCUT2D eigenvalue weighted by Gasteiger charge is -2.18. The van der Waals surface area contributed by atoms with E-state index in [0.29, 0.717) is 0 Å². The Kier molecular flexibility index (Phi) is 6.28. The van der Waals surface area contributed by atoms with Gasteiger partial charge >= 0.3 is 0 Å². The van der Waals surface area contributed by atoms with E-state index in [-0.39, 0.29) is 25.4 Å². The molecule has 108 valence electrons. The van der Waals surface area contributed by atoms with E-state index >= 15 is 0 Å². The van der Waals surface area contributed by atoms with Gasteiger partial charge in [-0.1, -0.05) is 17.7 Å². The first-order chi connectivity index (χ1) is 8.90. The SMILES string of the molecule is Cc1ccc(OCC(O)COC(C)C)c([C@H](C)N)c1. The van der Waals surface area contributed by atoms with Crippen molar-refractivity contribution in [2.75, 3.05) is 13.2 Å². The van der Waals surface area contributed by atoms with Crippen molar-refractivity contribution in [3.05, 3.63) is 29.3 Å². The number of rotatable bonds is 7. The minimum absolute atomic E-state index is 0.0982. The maximum absolute atomic E-state index is 9.76. The fraction of sp³-hybridized carbons (Fsp3) is 0.600. The van der Waals surface area contributed by atoms with Gasteiger partial charge in [0.05, 0.1) is 12.7 Å². The summed E-state index contributed by atoms with van der Waals surface area (Å²) in [5.74, 6) is 0.726. The van der Waals surface area contributed by atoms with Crippen molar-refractivity contribution in [1.82, 2.24) is 0 Å². The molecule has 19 heavy (non-hydrogen) atoms. The number of hydrogen-bond donors (Lipinski definition) is 2. The standard InChI is InChI=1S/C15H25NO3/c1-10(2)18-8-13(17)9-19-15-6-5-11(3)7-14(15)12(4)16/h5-7,10,12-13,17H,8-9,16H2,1-4H3/t12-,13?/m0/s1. The quantitative estimate of drug-likeness (QED) is 0.794. The van der Waals surface area contributed by atoms with Crippen molar-refractivity contribution < 1.29 is 14.6 Å². The molecule has 0 bridgehead atoms. The summed E-state index contributed by atoms with van der Waals surface area (Å²) in [4.78, 5) is 0. The molecule has 0 heterocycles. The van der Waals surface area contributed by atoms with Crippen LogP contribution in [0, 0.1) is 6.92 Å². The molecule has 0 fully saturated rings. The second-order valence-corrected chi connectivity index (χ2v) is 5.18. The van der Waals surface area contributed by atoms with Crippen LogP contribution in [0.15, 0.2) is 18.2 Å². The van der Waals surface area contributed by atoms with Gasteiger partial charge in [0.25, 0.3) is 0 Å². The first-order valence-electron chi connectivity index (χ1n) is 6.68. The van der Waals surface area contributed by atoms with Crippen LogP contribution in [0.25, 0.3) is 0 Å². The highest BCUT2D eigenvalue weighted by Gasteiger charge is 2.11. The van der Waals surface area contributed by atoms with Crippen molar-refractivity contribution in [3.8, 4) is 5.75 Å². The normalized spacial score (nSPS) is 14.5. The molecule has 3 N–H and O–H groups in total. The molecule has 0 aromatic heterocycles. The Morgan fingerprint density at radius 2 is 1.89 bits per heavy atom. The minimum atomic E-state index is -0.635. The number of aryl methyl sites for hydroxylation is 1. The molecule has 1 unspecified atom stereocenters. The Morgan fingerprint density at radius 1 is 1.21 bits per heavy atom. The molecule has 0 aliphatic rings. The van der Waals surface area contributed by atoms with Crippen molar-refractivity contribution >= 4 is 0 Å². The monoisotopic (exact) mass is 267 g/mol. The first-order valence-corrected chi connectivity index (χ1v) is 6.68. The smallest absolute Gasteiger partial charge is 0.124 e. The van der Waals surface area contributed by atoms with E-state index in [1.807, 2.05) is 45.9 Å². The van der Waals surface area contributed by atoms with E-state index in [1.165, 1.54) is 0 Å². The summed E-state index contributed by atoms with van der Waals surface area (Å²) < 4.78 is 11.0. The molecular formula is C15H25NO3. The van der Waals surface area contributed by atoms with E-state index in [0.717, 1.165) is 16.9 Å². The van der Waals surface area contributed by atoms with Gasteiger partial charge in [-0.2, -0.15) is 0 Å². The number of nitrogens with two attached hydrogens (primary N) is 1. The van der Waals surface area contributed by atoms with E-state index in [2.05, 4.69) is 0 Å². The van der Waals surface area contributed by atoms with Crippen molar-refractivity contribution in [1.29, 1.82) is 0 Å². The van der Waals surface area contributed by atoms with Gasteiger partial charge < -0.3 is 20.3 Å². The van der Waals surface area contributed by atoms with Crippen molar-refractivity contribution in [2.45, 2.75) is 45.9 Å². The Hall–Kier alpha value is -1.10. The molecule has 0 saturated heterocycles. The molecule has 2 atom stereocenters. The zero-order valence-electron chi connectivity index (χ0n) is 12.2. The summed E-state index contributed by atoms with van der Waals surface area (Å²) in [6, 6.07) is 5.78. The molecule has 0 saturated carbocycles. The fourth-order valence-electron chi connectivity index (χ4n) is 1.69. The Labute approximate surface area is 115 Å². The molecule has 0 amide bonds. The third kappa shape index (κ3) is 5.59. The molecule has 1 aromatic carbocycles. The predicted molar refractivity (Wildman–Crippen MR) is 76.4 cm³/mol. The Bertz CT molecular complexity index is 391. The average molecular weight is 267 g/mol. The van der Waals surface area contributed by atoms with Gasteiger partial charge in [-0.15, -0.1) is 0 Å². The second kappa shape index (κ2) is 7.48. The molecular weight excluding hydrogens is 242 g/mol.